The van der Waals surface area contributed by atoms with Gasteiger partial charge in [-0.3, -0.25) is 0 Å². The number of halogens is 2. The van der Waals surface area contributed by atoms with Crippen LogP contribution in [0.15, 0.2) is 121 Å². The van der Waals surface area contributed by atoms with Crippen molar-refractivity contribution in [3.8, 4) is 0 Å². The van der Waals surface area contributed by atoms with Crippen LogP contribution in [0.5, 0.6) is 0 Å². The van der Waals surface area contributed by atoms with Crippen LogP contribution in [0, 0.1) is 0 Å². The molecule has 0 bridgehead atoms. The first kappa shape index (κ1) is 70.6. The van der Waals surface area contributed by atoms with Crippen molar-refractivity contribution < 1.29 is 33.9 Å². The number of nitrogens with two attached hydrogens (primary N) is 1. The quantitative estimate of drug-likeness (QED) is 0.0443. The molecule has 0 atom stereocenters. The maximum Gasteiger partial charge on any atom is 0.108 e. The maximum atomic E-state index is 6.18. The van der Waals surface area contributed by atoms with Crippen molar-refractivity contribution in [2.45, 2.75) is 33.0 Å². The normalized spacial score (nSPS) is 9.45. The van der Waals surface area contributed by atoms with Crippen LogP contribution in [0.4, 0.5) is 0 Å². The van der Waals surface area contributed by atoms with Gasteiger partial charge in [0.1, 0.15) is 12.2 Å². The summed E-state index contributed by atoms with van der Waals surface area (Å²) in [5, 5.41) is 5.89. The van der Waals surface area contributed by atoms with Gasteiger partial charge in [0.25, 0.3) is 0 Å². The van der Waals surface area contributed by atoms with E-state index in [1.54, 1.807) is 28.4 Å². The van der Waals surface area contributed by atoms with E-state index in [-0.39, 0.29) is 43.7 Å². The summed E-state index contributed by atoms with van der Waals surface area (Å²) in [4.78, 5) is 2.22. The third-order valence-electron chi connectivity index (χ3n) is 7.73. The molecule has 12 nitrogen and oxygen atoms in total. The summed E-state index contributed by atoms with van der Waals surface area (Å²) in [5.41, 5.74) is 9.19. The van der Waals surface area contributed by atoms with Crippen LogP contribution < -0.4 is 22.5 Å². The third kappa shape index (κ3) is 39.8. The molecule has 0 spiro atoms. The minimum absolute atomic E-state index is 0. The van der Waals surface area contributed by atoms with Gasteiger partial charge in [0.05, 0.1) is 33.0 Å². The molecule has 0 fully saturated rings. The number of methoxy groups -OCH3 is 4. The largest absolute Gasteiger partial charge is 0.412 e. The summed E-state index contributed by atoms with van der Waals surface area (Å²) in [6.45, 7) is 10.3. The van der Waals surface area contributed by atoms with E-state index in [9.17, 15) is 0 Å². The Bertz CT molecular complexity index is 1250. The fourth-order valence-electron chi connectivity index (χ4n) is 4.74. The van der Waals surface area contributed by atoms with Crippen LogP contribution in [0.3, 0.4) is 0 Å². The molecule has 0 radical (unpaired) electrons. The van der Waals surface area contributed by atoms with Gasteiger partial charge in [-0.05, 0) is 56.9 Å². The maximum absolute atomic E-state index is 6.18. The van der Waals surface area contributed by atoms with Gasteiger partial charge in [-0.25, -0.2) is 0 Å². The van der Waals surface area contributed by atoms with Crippen LogP contribution >= 0.6 is 24.0 Å². The van der Waals surface area contributed by atoms with Crippen molar-refractivity contribution in [3.05, 3.63) is 144 Å². The highest BCUT2D eigenvalue weighted by atomic mass is 35.5. The lowest BCUT2D eigenvalue weighted by Crippen LogP contribution is -2.27. The fraction of sp³-hybridized carbons (Fsp3) is 0.500. The Morgan fingerprint density at radius 1 is 0.532 bits per heavy atom. The van der Waals surface area contributed by atoms with Gasteiger partial charge >= 0.3 is 0 Å². The summed E-state index contributed by atoms with van der Waals surface area (Å²) in [6, 6.07) is 41.2. The summed E-state index contributed by atoms with van der Waals surface area (Å²) in [6.07, 6.45) is 1.07. The van der Waals surface area contributed by atoms with Crippen LogP contribution in [0.1, 0.15) is 55.2 Å². The van der Waals surface area contributed by atoms with Crippen LogP contribution in [-0.4, -0.2) is 139 Å². The lowest BCUT2D eigenvalue weighted by molar-refractivity contribution is 0.0593. The Hall–Kier alpha value is -3.02. The number of ether oxygens (including phenoxy) is 6. The predicted molar refractivity (Wildman–Crippen MR) is 268 cm³/mol. The first-order chi connectivity index (χ1) is 28.5. The molecule has 4 aromatic carbocycles. The first-order valence-electron chi connectivity index (χ1n) is 20.0. The zero-order chi connectivity index (χ0) is 43.3. The number of nitrogens with one attached hydrogen (secondary N) is 2. The number of likely N-dealkylation sites (N-methyl/N-ethyl adjacent to an activating group) is 3. The smallest absolute Gasteiger partial charge is 0.108 e. The van der Waals surface area contributed by atoms with E-state index in [1.807, 2.05) is 62.6 Å². The molecule has 0 unspecified atom stereocenters. The van der Waals surface area contributed by atoms with E-state index in [0.29, 0.717) is 19.1 Å². The standard InChI is InChI=1S/C19H25NO2.C15H15ClO.2C4H11NO.C4H10O.CH5N.CH4.ClH.H3N.H2O/c1-20(13-15-21-2)14-16-22-19(17-9-5-3-6-10-17)18-11-7-4-8-12-18;16-11-12-17-15(13-7-3-1-4-8-13)14-9-5-2-6-10-14;2*1-5-3-4-6-2;1-3-4-5-2;1-2;;;;/h3-12,19H,13-16H2,1-2H3;1-10,15H,11-12H2;2*5H,3-4H2,1-2H3;3-4H2,1-2H3;2H2,1H3;1H4;1H;1H3;1H2. The molecule has 4 aromatic rings. The van der Waals surface area contributed by atoms with Gasteiger partial charge in [0, 0.05) is 67.1 Å². The second kappa shape index (κ2) is 56.0. The van der Waals surface area contributed by atoms with Gasteiger partial charge in [0.15, 0.2) is 0 Å². The summed E-state index contributed by atoms with van der Waals surface area (Å²) in [7, 11) is 14.2. The van der Waals surface area contributed by atoms with Crippen LogP contribution in [0.25, 0.3) is 0 Å². The second-order valence-corrected chi connectivity index (χ2v) is 12.7. The van der Waals surface area contributed by atoms with Gasteiger partial charge in [0.2, 0.25) is 0 Å². The van der Waals surface area contributed by atoms with Gasteiger partial charge < -0.3 is 61.3 Å². The zero-order valence-corrected chi connectivity index (χ0v) is 40.2. The Morgan fingerprint density at radius 2 is 0.823 bits per heavy atom. The van der Waals surface area contributed by atoms with E-state index in [2.05, 4.69) is 108 Å². The molecule has 9 N–H and O–H groups in total. The van der Waals surface area contributed by atoms with E-state index < -0.39 is 0 Å². The fourth-order valence-corrected chi connectivity index (χ4v) is 4.83. The molecule has 0 aromatic heterocycles. The Labute approximate surface area is 388 Å². The Morgan fingerprint density at radius 3 is 1.05 bits per heavy atom. The molecule has 4 rings (SSSR count). The molecule has 62 heavy (non-hydrogen) atoms. The molecular formula is C48H87Cl2N5O7. The minimum atomic E-state index is -0.0313. The highest BCUT2D eigenvalue weighted by molar-refractivity contribution is 6.17. The average molecular weight is 917 g/mol. The monoisotopic (exact) mass is 916 g/mol. The van der Waals surface area contributed by atoms with Gasteiger partial charge in [-0.15, -0.1) is 24.0 Å². The molecule has 0 heterocycles. The van der Waals surface area contributed by atoms with E-state index >= 15 is 0 Å². The highest BCUT2D eigenvalue weighted by Crippen LogP contribution is 2.26. The molecule has 14 heteroatoms. The van der Waals surface area contributed by atoms with E-state index in [0.717, 1.165) is 70.2 Å². The summed E-state index contributed by atoms with van der Waals surface area (Å²) >= 11 is 5.70. The molecule has 360 valence electrons. The van der Waals surface area contributed by atoms with Crippen molar-refractivity contribution in [1.82, 2.24) is 21.7 Å². The van der Waals surface area contributed by atoms with E-state index in [1.165, 1.54) is 18.2 Å². The van der Waals surface area contributed by atoms with Crippen LogP contribution in [0.2, 0.25) is 0 Å². The topological polar surface area (TPSA) is 175 Å². The molecular weight excluding hydrogens is 829 g/mol. The third-order valence-corrected chi connectivity index (χ3v) is 7.88. The number of nitrogens with zero attached hydrogens (tertiary/aromatic N) is 1. The number of hydrogen-bond donors (Lipinski definition) is 4. The average Bonchev–Trinajstić information content (AvgIpc) is 3.29. The van der Waals surface area contributed by atoms with Crippen molar-refractivity contribution in [3.63, 3.8) is 0 Å². The van der Waals surface area contributed by atoms with Crippen molar-refractivity contribution in [2.75, 3.05) is 128 Å². The lowest BCUT2D eigenvalue weighted by Gasteiger charge is -2.21. The van der Waals surface area contributed by atoms with Crippen molar-refractivity contribution >= 4 is 24.0 Å². The van der Waals surface area contributed by atoms with Crippen molar-refractivity contribution in [2.24, 2.45) is 5.73 Å². The molecule has 0 saturated heterocycles. The van der Waals surface area contributed by atoms with Gasteiger partial charge in [-0.2, -0.15) is 0 Å². The number of rotatable bonds is 22. The number of benzene rings is 4. The Kier molecular flexibility index (Phi) is 63.8. The summed E-state index contributed by atoms with van der Waals surface area (Å²) in [5.74, 6) is 0.510. The highest BCUT2D eigenvalue weighted by Gasteiger charge is 2.15. The zero-order valence-electron chi connectivity index (χ0n) is 38.7. The molecule has 0 saturated carbocycles. The second-order valence-electron chi connectivity index (χ2n) is 12.3. The van der Waals surface area contributed by atoms with Crippen LogP contribution in [-0.2, 0) is 28.4 Å². The SMILES string of the molecule is C.CCCOC.CN.CNCCOC.CNCCOC.COCCN(C)CCOC(c1ccccc1)c1ccccc1.Cl.ClCCOC(c1ccccc1)c1ccccc1.N.O. The molecule has 0 aliphatic rings. The van der Waals surface area contributed by atoms with Crippen molar-refractivity contribution in [1.29, 1.82) is 0 Å². The van der Waals surface area contributed by atoms with Gasteiger partial charge in [-0.1, -0.05) is 136 Å². The minimum Gasteiger partial charge on any atom is -0.412 e. The van der Waals surface area contributed by atoms with E-state index in [4.69, 9.17) is 40.0 Å². The predicted octanol–water partition coefficient (Wildman–Crippen LogP) is 8.12. The summed E-state index contributed by atoms with van der Waals surface area (Å²) < 4.78 is 31.2. The number of hydrogen-bond acceptors (Lipinski definition) is 11. The molecule has 0 aliphatic carbocycles. The molecule has 0 aliphatic heterocycles. The Balaban J connectivity index is -0.000000174. The molecule has 0 amide bonds. The number of alkyl halides is 1. The first-order valence-corrected chi connectivity index (χ1v) is 20.5. The lowest BCUT2D eigenvalue weighted by atomic mass is 10.0.